The van der Waals surface area contributed by atoms with Crippen LogP contribution in [0.1, 0.15) is 5.82 Å². The van der Waals surface area contributed by atoms with Gasteiger partial charge >= 0.3 is 0 Å². The second kappa shape index (κ2) is 3.40. The van der Waals surface area contributed by atoms with Crippen LogP contribution < -0.4 is 5.73 Å². The van der Waals surface area contributed by atoms with Gasteiger partial charge in [0.05, 0.1) is 6.20 Å². The van der Waals surface area contributed by atoms with Crippen molar-refractivity contribution in [1.82, 2.24) is 19.9 Å². The summed E-state index contributed by atoms with van der Waals surface area (Å²) in [5, 5.41) is 0. The Morgan fingerprint density at radius 1 is 1.15 bits per heavy atom. The maximum atomic E-state index is 5.39. The van der Waals surface area contributed by atoms with Crippen molar-refractivity contribution in [3.8, 4) is 0 Å². The van der Waals surface area contributed by atoms with Gasteiger partial charge in [-0.15, -0.1) is 0 Å². The van der Waals surface area contributed by atoms with Crippen LogP contribution in [0.5, 0.6) is 0 Å². The molecule has 2 aromatic rings. The average molecular weight is 175 g/mol. The van der Waals surface area contributed by atoms with Gasteiger partial charge in [0, 0.05) is 18.8 Å². The molecule has 66 valence electrons. The lowest BCUT2D eigenvalue weighted by atomic mass is 10.4. The summed E-state index contributed by atoms with van der Waals surface area (Å²) in [5.41, 5.74) is 6.73. The highest BCUT2D eigenvalue weighted by Gasteiger charge is 1.99. The Morgan fingerprint density at radius 3 is 2.85 bits per heavy atom. The van der Waals surface area contributed by atoms with Gasteiger partial charge in [-0.05, 0) is 6.54 Å². The van der Waals surface area contributed by atoms with Crippen LogP contribution in [0, 0.1) is 0 Å². The number of hydrogen-bond acceptors (Lipinski definition) is 5. The zero-order valence-corrected chi connectivity index (χ0v) is 7.01. The van der Waals surface area contributed by atoms with E-state index in [9.17, 15) is 0 Å². The van der Waals surface area contributed by atoms with Crippen molar-refractivity contribution in [2.45, 2.75) is 6.42 Å². The Morgan fingerprint density at radius 2 is 2.00 bits per heavy atom. The van der Waals surface area contributed by atoms with Gasteiger partial charge in [-0.1, -0.05) is 0 Å². The fourth-order valence-electron chi connectivity index (χ4n) is 1.05. The lowest BCUT2D eigenvalue weighted by Gasteiger charge is -1.97. The van der Waals surface area contributed by atoms with E-state index in [4.69, 9.17) is 5.73 Å². The highest BCUT2D eigenvalue weighted by molar-refractivity contribution is 5.67. The Kier molecular flexibility index (Phi) is 2.09. The predicted octanol–water partition coefficient (Wildman–Crippen LogP) is -0.0790. The van der Waals surface area contributed by atoms with Crippen molar-refractivity contribution >= 4 is 11.2 Å². The van der Waals surface area contributed by atoms with E-state index in [1.165, 1.54) is 0 Å². The second-order valence-corrected chi connectivity index (χ2v) is 2.59. The van der Waals surface area contributed by atoms with Gasteiger partial charge in [-0.25, -0.2) is 19.9 Å². The molecule has 13 heavy (non-hydrogen) atoms. The summed E-state index contributed by atoms with van der Waals surface area (Å²) in [5.74, 6) is 0.718. The highest BCUT2D eigenvalue weighted by atomic mass is 15.0. The molecule has 5 nitrogen and oxygen atoms in total. The molecule has 2 N–H and O–H groups in total. The summed E-state index contributed by atoms with van der Waals surface area (Å²) in [6, 6.07) is 0. The van der Waals surface area contributed by atoms with Crippen molar-refractivity contribution < 1.29 is 0 Å². The summed E-state index contributed by atoms with van der Waals surface area (Å²) in [6.45, 7) is 0.547. The Balaban J connectivity index is 2.49. The molecule has 0 fully saturated rings. The third kappa shape index (κ3) is 1.59. The van der Waals surface area contributed by atoms with E-state index in [-0.39, 0.29) is 0 Å². The van der Waals surface area contributed by atoms with Crippen molar-refractivity contribution in [2.75, 3.05) is 6.54 Å². The van der Waals surface area contributed by atoms with Gasteiger partial charge in [0.1, 0.15) is 11.3 Å². The van der Waals surface area contributed by atoms with Crippen molar-refractivity contribution in [2.24, 2.45) is 5.73 Å². The number of hydrogen-bond donors (Lipinski definition) is 1. The fraction of sp³-hybridized carbons (Fsp3) is 0.250. The topological polar surface area (TPSA) is 77.6 Å². The van der Waals surface area contributed by atoms with Gasteiger partial charge in [0.25, 0.3) is 0 Å². The maximum absolute atomic E-state index is 5.39. The molecule has 2 heterocycles. The molecular formula is C8H9N5. The highest BCUT2D eigenvalue weighted by Crippen LogP contribution is 2.02. The summed E-state index contributed by atoms with van der Waals surface area (Å²) >= 11 is 0. The first kappa shape index (κ1) is 8.00. The van der Waals surface area contributed by atoms with Crippen molar-refractivity contribution in [3.05, 3.63) is 24.4 Å². The smallest absolute Gasteiger partial charge is 0.181 e. The third-order valence-electron chi connectivity index (χ3n) is 1.64. The van der Waals surface area contributed by atoms with Crippen LogP contribution >= 0.6 is 0 Å². The third-order valence-corrected chi connectivity index (χ3v) is 1.64. The Bertz CT molecular complexity index is 414. The van der Waals surface area contributed by atoms with Gasteiger partial charge in [-0.2, -0.15) is 0 Å². The van der Waals surface area contributed by atoms with Crippen molar-refractivity contribution in [1.29, 1.82) is 0 Å². The lowest BCUT2D eigenvalue weighted by molar-refractivity contribution is 0.873. The van der Waals surface area contributed by atoms with E-state index in [0.29, 0.717) is 24.1 Å². The van der Waals surface area contributed by atoms with Crippen LogP contribution in [0.15, 0.2) is 18.6 Å². The minimum Gasteiger partial charge on any atom is -0.330 e. The largest absolute Gasteiger partial charge is 0.330 e. The van der Waals surface area contributed by atoms with Crippen LogP contribution in [0.3, 0.4) is 0 Å². The molecule has 0 saturated heterocycles. The molecule has 0 unspecified atom stereocenters. The zero-order valence-electron chi connectivity index (χ0n) is 7.01. The fourth-order valence-corrected chi connectivity index (χ4v) is 1.05. The molecule has 2 aromatic heterocycles. The standard InChI is InChI=1S/C8H9N5/c9-2-1-7-12-5-6-8(13-7)11-4-3-10-6/h3-5H,1-2,9H2. The van der Waals surface area contributed by atoms with Gasteiger partial charge in [0.15, 0.2) is 5.65 Å². The summed E-state index contributed by atoms with van der Waals surface area (Å²) in [4.78, 5) is 16.4. The van der Waals surface area contributed by atoms with E-state index in [1.54, 1.807) is 18.6 Å². The number of rotatable bonds is 2. The summed E-state index contributed by atoms with van der Waals surface area (Å²) < 4.78 is 0. The van der Waals surface area contributed by atoms with Crippen LogP contribution in [0.2, 0.25) is 0 Å². The number of nitrogens with zero attached hydrogens (tertiary/aromatic N) is 4. The second-order valence-electron chi connectivity index (χ2n) is 2.59. The Labute approximate surface area is 75.1 Å². The number of aromatic nitrogens is 4. The quantitative estimate of drug-likeness (QED) is 0.690. The van der Waals surface area contributed by atoms with Gasteiger partial charge < -0.3 is 5.73 Å². The first-order valence-corrected chi connectivity index (χ1v) is 4.03. The van der Waals surface area contributed by atoms with E-state index >= 15 is 0 Å². The Hall–Kier alpha value is -1.62. The molecule has 0 radical (unpaired) electrons. The van der Waals surface area contributed by atoms with Crippen molar-refractivity contribution in [3.63, 3.8) is 0 Å². The molecule has 0 bridgehead atoms. The molecule has 0 aliphatic heterocycles. The van der Waals surface area contributed by atoms with E-state index in [1.807, 2.05) is 0 Å². The molecule has 5 heteroatoms. The minimum atomic E-state index is 0.547. The average Bonchev–Trinajstić information content (AvgIpc) is 2.18. The SMILES string of the molecule is NCCc1ncc2nccnc2n1. The van der Waals surface area contributed by atoms with Gasteiger partial charge in [0.2, 0.25) is 0 Å². The van der Waals surface area contributed by atoms with E-state index in [0.717, 1.165) is 5.82 Å². The van der Waals surface area contributed by atoms with Crippen LogP contribution in [-0.2, 0) is 6.42 Å². The normalized spacial score (nSPS) is 10.5. The maximum Gasteiger partial charge on any atom is 0.181 e. The predicted molar refractivity (Wildman–Crippen MR) is 47.9 cm³/mol. The van der Waals surface area contributed by atoms with Gasteiger partial charge in [-0.3, -0.25) is 0 Å². The summed E-state index contributed by atoms with van der Waals surface area (Å²) in [7, 11) is 0. The molecule has 0 aromatic carbocycles. The molecule has 0 atom stereocenters. The van der Waals surface area contributed by atoms with Crippen LogP contribution in [0.4, 0.5) is 0 Å². The monoisotopic (exact) mass is 175 g/mol. The van der Waals surface area contributed by atoms with E-state index < -0.39 is 0 Å². The first-order chi connectivity index (χ1) is 6.40. The minimum absolute atomic E-state index is 0.547. The molecule has 2 rings (SSSR count). The molecule has 0 spiro atoms. The number of fused-ring (bicyclic) bond motifs is 1. The number of nitrogens with two attached hydrogens (primary N) is 1. The van der Waals surface area contributed by atoms with Crippen LogP contribution in [0.25, 0.3) is 11.2 Å². The zero-order chi connectivity index (χ0) is 9.10. The summed E-state index contributed by atoms with van der Waals surface area (Å²) in [6.07, 6.45) is 5.57. The first-order valence-electron chi connectivity index (χ1n) is 4.03. The molecule has 0 saturated carbocycles. The lowest BCUT2D eigenvalue weighted by Crippen LogP contribution is -2.06. The molecule has 0 aliphatic rings. The molecule has 0 aliphatic carbocycles. The van der Waals surface area contributed by atoms with E-state index in [2.05, 4.69) is 19.9 Å². The molecule has 0 amide bonds. The van der Waals surface area contributed by atoms with Crippen LogP contribution in [-0.4, -0.2) is 26.5 Å². The molecular weight excluding hydrogens is 166 g/mol.